The highest BCUT2D eigenvalue weighted by Gasteiger charge is 2.19. The summed E-state index contributed by atoms with van der Waals surface area (Å²) in [6.45, 7) is 2.08. The van der Waals surface area contributed by atoms with Crippen molar-refractivity contribution in [2.45, 2.75) is 19.9 Å². The van der Waals surface area contributed by atoms with Crippen LogP contribution in [0.5, 0.6) is 5.75 Å². The molecule has 1 aromatic heterocycles. The molecule has 2 rings (SSSR count). The van der Waals surface area contributed by atoms with E-state index in [2.05, 4.69) is 5.32 Å². The zero-order chi connectivity index (χ0) is 16.1. The molecule has 1 amide bonds. The van der Waals surface area contributed by atoms with Gasteiger partial charge in [0.2, 0.25) is 0 Å². The number of carboxylic acid groups (broad SMARTS) is 1. The lowest BCUT2D eigenvalue weighted by atomic mass is 10.2. The van der Waals surface area contributed by atoms with Crippen molar-refractivity contribution >= 4 is 11.9 Å². The van der Waals surface area contributed by atoms with Crippen molar-refractivity contribution in [2.75, 3.05) is 7.11 Å². The Labute approximate surface area is 127 Å². The van der Waals surface area contributed by atoms with E-state index in [9.17, 15) is 9.59 Å². The van der Waals surface area contributed by atoms with Crippen molar-refractivity contribution in [2.24, 2.45) is 0 Å². The lowest BCUT2D eigenvalue weighted by Gasteiger charge is -2.04. The number of hydrogen-bond acceptors (Lipinski definition) is 4. The molecule has 0 bridgehead atoms. The molecular weight excluding hydrogens is 286 g/mol. The fourth-order valence-corrected chi connectivity index (χ4v) is 2.00. The van der Waals surface area contributed by atoms with Gasteiger partial charge >= 0.3 is 5.97 Å². The second-order valence-electron chi connectivity index (χ2n) is 4.64. The summed E-state index contributed by atoms with van der Waals surface area (Å²) in [6, 6.07) is 8.52. The van der Waals surface area contributed by atoms with Gasteiger partial charge in [0, 0.05) is 19.0 Å². The first-order valence-electron chi connectivity index (χ1n) is 6.82. The molecule has 0 saturated heterocycles. The monoisotopic (exact) mass is 303 g/mol. The maximum Gasteiger partial charge on any atom is 0.339 e. The molecule has 0 unspecified atom stereocenters. The molecule has 0 spiro atoms. The first-order chi connectivity index (χ1) is 10.5. The number of rotatable bonds is 6. The van der Waals surface area contributed by atoms with Gasteiger partial charge in [-0.2, -0.15) is 0 Å². The Morgan fingerprint density at radius 1 is 1.27 bits per heavy atom. The summed E-state index contributed by atoms with van der Waals surface area (Å²) in [5, 5.41) is 11.7. The van der Waals surface area contributed by atoms with E-state index < -0.39 is 11.9 Å². The Kier molecular flexibility index (Phi) is 4.83. The van der Waals surface area contributed by atoms with E-state index >= 15 is 0 Å². The average molecular weight is 303 g/mol. The minimum absolute atomic E-state index is 0.00256. The largest absolute Gasteiger partial charge is 0.497 e. The topological polar surface area (TPSA) is 88.8 Å². The fourth-order valence-electron chi connectivity index (χ4n) is 2.00. The number of aromatic carboxylic acids is 1. The zero-order valence-electron chi connectivity index (χ0n) is 12.4. The van der Waals surface area contributed by atoms with Gasteiger partial charge in [-0.1, -0.05) is 19.1 Å². The van der Waals surface area contributed by atoms with Crippen LogP contribution in [0.1, 0.15) is 39.2 Å². The number of benzene rings is 1. The second kappa shape index (κ2) is 6.80. The maximum atomic E-state index is 12.0. The van der Waals surface area contributed by atoms with Crippen LogP contribution in [-0.4, -0.2) is 24.1 Å². The minimum Gasteiger partial charge on any atom is -0.497 e. The third-order valence-electron chi connectivity index (χ3n) is 3.20. The molecule has 1 aromatic carbocycles. The first-order valence-corrected chi connectivity index (χ1v) is 6.82. The molecule has 2 N–H and O–H groups in total. The summed E-state index contributed by atoms with van der Waals surface area (Å²) < 4.78 is 10.4. The Hall–Kier alpha value is -2.76. The van der Waals surface area contributed by atoms with Gasteiger partial charge in [-0.05, 0) is 17.7 Å². The Balaban J connectivity index is 2.04. The number of methoxy groups -OCH3 is 1. The lowest BCUT2D eigenvalue weighted by molar-refractivity contribution is 0.0694. The van der Waals surface area contributed by atoms with E-state index in [1.807, 2.05) is 12.1 Å². The Morgan fingerprint density at radius 2 is 1.95 bits per heavy atom. The summed E-state index contributed by atoms with van der Waals surface area (Å²) in [4.78, 5) is 23.1. The van der Waals surface area contributed by atoms with Crippen molar-refractivity contribution < 1.29 is 23.8 Å². The van der Waals surface area contributed by atoms with Crippen LogP contribution < -0.4 is 10.1 Å². The Morgan fingerprint density at radius 3 is 2.45 bits per heavy atom. The maximum absolute atomic E-state index is 12.0. The Bertz CT molecular complexity index is 672. The number of amides is 1. The molecule has 22 heavy (non-hydrogen) atoms. The zero-order valence-corrected chi connectivity index (χ0v) is 12.4. The molecule has 0 atom stereocenters. The van der Waals surface area contributed by atoms with E-state index in [-0.39, 0.29) is 11.3 Å². The highest BCUT2D eigenvalue weighted by molar-refractivity contribution is 5.96. The highest BCUT2D eigenvalue weighted by Crippen LogP contribution is 2.17. The van der Waals surface area contributed by atoms with Crippen molar-refractivity contribution in [3.63, 3.8) is 0 Å². The molecule has 6 nitrogen and oxygen atoms in total. The molecule has 0 aliphatic heterocycles. The molecule has 0 aliphatic rings. The van der Waals surface area contributed by atoms with Crippen molar-refractivity contribution in [1.29, 1.82) is 0 Å². The molecule has 0 fully saturated rings. The minimum atomic E-state index is -1.10. The molecule has 0 radical (unpaired) electrons. The van der Waals surface area contributed by atoms with Gasteiger partial charge in [0.1, 0.15) is 17.1 Å². The summed E-state index contributed by atoms with van der Waals surface area (Å²) in [7, 11) is 1.58. The van der Waals surface area contributed by atoms with E-state index in [1.54, 1.807) is 26.2 Å². The standard InChI is InChI=1S/C16H17NO5/c1-3-13-12(16(19)20)8-14(22-13)15(18)17-9-10-4-6-11(21-2)7-5-10/h4-8H,3,9H2,1-2H3,(H,17,18)(H,19,20). The smallest absolute Gasteiger partial charge is 0.339 e. The van der Waals surface area contributed by atoms with Crippen molar-refractivity contribution in [3.05, 3.63) is 53.0 Å². The van der Waals surface area contributed by atoms with E-state index in [4.69, 9.17) is 14.3 Å². The third kappa shape index (κ3) is 3.46. The molecule has 2 aromatic rings. The highest BCUT2D eigenvalue weighted by atomic mass is 16.5. The quantitative estimate of drug-likeness (QED) is 0.855. The molecule has 0 aliphatic carbocycles. The van der Waals surface area contributed by atoms with E-state index in [0.717, 1.165) is 11.3 Å². The van der Waals surface area contributed by atoms with Crippen LogP contribution in [0.2, 0.25) is 0 Å². The number of furan rings is 1. The number of carbonyl (C=O) groups excluding carboxylic acids is 1. The van der Waals surface area contributed by atoms with Gasteiger partial charge in [0.25, 0.3) is 5.91 Å². The number of carboxylic acids is 1. The summed E-state index contributed by atoms with van der Waals surface area (Å²) in [5.41, 5.74) is 0.923. The summed E-state index contributed by atoms with van der Waals surface area (Å²) in [5.74, 6) is -0.516. The molecule has 116 valence electrons. The van der Waals surface area contributed by atoms with Crippen LogP contribution in [0.25, 0.3) is 0 Å². The first kappa shape index (κ1) is 15.6. The third-order valence-corrected chi connectivity index (χ3v) is 3.20. The number of aryl methyl sites for hydroxylation is 1. The van der Waals surface area contributed by atoms with Gasteiger partial charge < -0.3 is 19.6 Å². The number of nitrogens with one attached hydrogen (secondary N) is 1. The van der Waals surface area contributed by atoms with Gasteiger partial charge in [0.15, 0.2) is 5.76 Å². The van der Waals surface area contributed by atoms with E-state index in [1.165, 1.54) is 6.07 Å². The summed E-state index contributed by atoms with van der Waals surface area (Å²) in [6.07, 6.45) is 0.410. The normalized spacial score (nSPS) is 10.3. The van der Waals surface area contributed by atoms with Crippen molar-refractivity contribution in [1.82, 2.24) is 5.32 Å². The number of ether oxygens (including phenoxy) is 1. The van der Waals surface area contributed by atoms with Crippen LogP contribution in [-0.2, 0) is 13.0 Å². The van der Waals surface area contributed by atoms with E-state index in [0.29, 0.717) is 18.7 Å². The van der Waals surface area contributed by atoms with Gasteiger partial charge in [0.05, 0.1) is 7.11 Å². The fraction of sp³-hybridized carbons (Fsp3) is 0.250. The molecule has 0 saturated carbocycles. The molecule has 1 heterocycles. The lowest BCUT2D eigenvalue weighted by Crippen LogP contribution is -2.22. The number of carbonyl (C=O) groups is 2. The predicted octanol–water partition coefficient (Wildman–Crippen LogP) is 2.48. The SMILES string of the molecule is CCc1oc(C(=O)NCc2ccc(OC)cc2)cc1C(=O)O. The number of hydrogen-bond donors (Lipinski definition) is 2. The van der Waals surface area contributed by atoms with Gasteiger partial charge in [-0.3, -0.25) is 4.79 Å². The van der Waals surface area contributed by atoms with Crippen LogP contribution in [0.15, 0.2) is 34.7 Å². The molecular formula is C16H17NO5. The van der Waals surface area contributed by atoms with Crippen LogP contribution >= 0.6 is 0 Å². The van der Waals surface area contributed by atoms with Crippen LogP contribution in [0, 0.1) is 0 Å². The summed E-state index contributed by atoms with van der Waals surface area (Å²) >= 11 is 0. The van der Waals surface area contributed by atoms with Crippen LogP contribution in [0.4, 0.5) is 0 Å². The van der Waals surface area contributed by atoms with Gasteiger partial charge in [-0.25, -0.2) is 4.79 Å². The second-order valence-corrected chi connectivity index (χ2v) is 4.64. The van der Waals surface area contributed by atoms with Gasteiger partial charge in [-0.15, -0.1) is 0 Å². The predicted molar refractivity (Wildman–Crippen MR) is 79.2 cm³/mol. The van der Waals surface area contributed by atoms with Crippen molar-refractivity contribution in [3.8, 4) is 5.75 Å². The average Bonchev–Trinajstić information content (AvgIpc) is 2.97. The molecule has 6 heteroatoms. The van der Waals surface area contributed by atoms with Crippen LogP contribution in [0.3, 0.4) is 0 Å².